The van der Waals surface area contributed by atoms with E-state index < -0.39 is 0 Å². The van der Waals surface area contributed by atoms with Gasteiger partial charge in [0.05, 0.1) is 16.7 Å². The van der Waals surface area contributed by atoms with Gasteiger partial charge in [-0.25, -0.2) is 0 Å². The fraction of sp³-hybridized carbons (Fsp3) is 0.375. The molecule has 3 aromatic heterocycles. The summed E-state index contributed by atoms with van der Waals surface area (Å²) < 4.78 is 7.19. The summed E-state index contributed by atoms with van der Waals surface area (Å²) in [5, 5.41) is 18.4. The maximum Gasteiger partial charge on any atom is 0.230 e. The Hall–Kier alpha value is -1.97. The van der Waals surface area contributed by atoms with Crippen molar-refractivity contribution in [2.24, 2.45) is 0 Å². The molecule has 1 saturated heterocycles. The van der Waals surface area contributed by atoms with Crippen molar-refractivity contribution in [2.45, 2.75) is 24.1 Å². The van der Waals surface area contributed by atoms with Gasteiger partial charge in [-0.3, -0.25) is 4.79 Å². The largest absolute Gasteiger partial charge is 0.376 e. The van der Waals surface area contributed by atoms with Gasteiger partial charge in [0.2, 0.25) is 11.1 Å². The number of carbonyl (C=O) groups is 1. The number of amides is 1. The van der Waals surface area contributed by atoms with Crippen molar-refractivity contribution in [3.63, 3.8) is 0 Å². The average molecular weight is 375 g/mol. The molecule has 4 rings (SSSR count). The molecular formula is C16H17N5O2S2. The zero-order chi connectivity index (χ0) is 17.1. The number of nitrogens with one attached hydrogen (secondary N) is 1. The number of thioether (sulfide) groups is 1. The van der Waals surface area contributed by atoms with Crippen LogP contribution in [0, 0.1) is 0 Å². The van der Waals surface area contributed by atoms with Crippen molar-refractivity contribution in [3.8, 4) is 10.6 Å². The summed E-state index contributed by atoms with van der Waals surface area (Å²) in [7, 11) is 0. The highest BCUT2D eigenvalue weighted by atomic mass is 32.2. The van der Waals surface area contributed by atoms with Gasteiger partial charge >= 0.3 is 0 Å². The molecule has 1 atom stereocenters. The van der Waals surface area contributed by atoms with Gasteiger partial charge in [-0.1, -0.05) is 17.8 Å². The number of thiophene rings is 1. The second kappa shape index (κ2) is 7.51. The predicted molar refractivity (Wildman–Crippen MR) is 96.8 cm³/mol. The van der Waals surface area contributed by atoms with E-state index in [4.69, 9.17) is 4.74 Å². The summed E-state index contributed by atoms with van der Waals surface area (Å²) in [5.74, 6) is 0.241. The molecule has 1 unspecified atom stereocenters. The van der Waals surface area contributed by atoms with E-state index in [0.29, 0.717) is 17.3 Å². The Morgan fingerprint density at radius 2 is 2.36 bits per heavy atom. The molecular weight excluding hydrogens is 358 g/mol. The quantitative estimate of drug-likeness (QED) is 0.666. The van der Waals surface area contributed by atoms with Crippen molar-refractivity contribution in [2.75, 3.05) is 18.9 Å². The van der Waals surface area contributed by atoms with E-state index in [2.05, 4.69) is 20.6 Å². The topological polar surface area (TPSA) is 81.4 Å². The van der Waals surface area contributed by atoms with Gasteiger partial charge in [-0.15, -0.1) is 21.5 Å². The van der Waals surface area contributed by atoms with Crippen molar-refractivity contribution >= 4 is 34.7 Å². The lowest BCUT2D eigenvalue weighted by Crippen LogP contribution is -2.32. The SMILES string of the molecule is O=C(CSc1nnc2ccc(-c3cccs3)nn12)NCC1CCCO1. The van der Waals surface area contributed by atoms with Crippen molar-refractivity contribution in [1.29, 1.82) is 0 Å². The highest BCUT2D eigenvalue weighted by Crippen LogP contribution is 2.24. The number of rotatable bonds is 6. The first-order chi connectivity index (χ1) is 12.3. The summed E-state index contributed by atoms with van der Waals surface area (Å²) in [6, 6.07) is 7.83. The summed E-state index contributed by atoms with van der Waals surface area (Å²) in [5.41, 5.74) is 1.54. The van der Waals surface area contributed by atoms with Crippen LogP contribution >= 0.6 is 23.1 Å². The molecule has 4 heterocycles. The van der Waals surface area contributed by atoms with Gasteiger partial charge in [-0.2, -0.15) is 9.61 Å². The van der Waals surface area contributed by atoms with Crippen LogP contribution in [-0.2, 0) is 9.53 Å². The highest BCUT2D eigenvalue weighted by Gasteiger charge is 2.17. The Balaban J connectivity index is 1.40. The molecule has 1 N–H and O–H groups in total. The van der Waals surface area contributed by atoms with Gasteiger partial charge in [0, 0.05) is 13.2 Å². The number of aromatic nitrogens is 4. The fourth-order valence-corrected chi connectivity index (χ4v) is 4.04. The van der Waals surface area contributed by atoms with E-state index >= 15 is 0 Å². The smallest absolute Gasteiger partial charge is 0.230 e. The van der Waals surface area contributed by atoms with Crippen LogP contribution in [-0.4, -0.2) is 50.7 Å². The molecule has 0 aromatic carbocycles. The van der Waals surface area contributed by atoms with Crippen LogP contribution in [0.25, 0.3) is 16.2 Å². The van der Waals surface area contributed by atoms with Crippen LogP contribution in [0.2, 0.25) is 0 Å². The zero-order valence-corrected chi connectivity index (χ0v) is 15.1. The number of nitrogens with zero attached hydrogens (tertiary/aromatic N) is 4. The highest BCUT2D eigenvalue weighted by molar-refractivity contribution is 7.99. The number of ether oxygens (including phenoxy) is 1. The standard InChI is InChI=1S/C16H17N5O2S2/c22-15(17-9-11-3-1-7-23-11)10-25-16-19-18-14-6-5-12(20-21(14)16)13-4-2-8-24-13/h2,4-6,8,11H,1,3,7,9-10H2,(H,17,22). The minimum Gasteiger partial charge on any atom is -0.376 e. The van der Waals surface area contributed by atoms with Crippen LogP contribution < -0.4 is 5.32 Å². The zero-order valence-electron chi connectivity index (χ0n) is 13.4. The van der Waals surface area contributed by atoms with Gasteiger partial charge in [-0.05, 0) is 36.4 Å². The van der Waals surface area contributed by atoms with Crippen LogP contribution in [0.1, 0.15) is 12.8 Å². The minimum absolute atomic E-state index is 0.0355. The second-order valence-electron chi connectivity index (χ2n) is 5.68. The van der Waals surface area contributed by atoms with Gasteiger partial charge in [0.25, 0.3) is 0 Å². The lowest BCUT2D eigenvalue weighted by atomic mass is 10.2. The molecule has 0 bridgehead atoms. The lowest BCUT2D eigenvalue weighted by molar-refractivity contribution is -0.119. The van der Waals surface area contributed by atoms with Crippen LogP contribution in [0.5, 0.6) is 0 Å². The average Bonchev–Trinajstić information content (AvgIpc) is 3.39. The molecule has 1 aliphatic rings. The maximum atomic E-state index is 12.0. The molecule has 0 saturated carbocycles. The molecule has 7 nitrogen and oxygen atoms in total. The third-order valence-corrected chi connectivity index (χ3v) is 5.70. The summed E-state index contributed by atoms with van der Waals surface area (Å²) in [6.45, 7) is 1.36. The summed E-state index contributed by atoms with van der Waals surface area (Å²) in [4.78, 5) is 13.1. The van der Waals surface area contributed by atoms with Gasteiger partial charge in [0.15, 0.2) is 5.65 Å². The molecule has 9 heteroatoms. The van der Waals surface area contributed by atoms with Crippen molar-refractivity contribution in [3.05, 3.63) is 29.6 Å². The Labute approximate surface area is 152 Å². The Bertz CT molecular complexity index is 859. The van der Waals surface area contributed by atoms with E-state index in [1.54, 1.807) is 15.9 Å². The monoisotopic (exact) mass is 375 g/mol. The van der Waals surface area contributed by atoms with E-state index in [9.17, 15) is 4.79 Å². The van der Waals surface area contributed by atoms with Crippen molar-refractivity contribution < 1.29 is 9.53 Å². The Kier molecular flexibility index (Phi) is 4.95. The normalized spacial score (nSPS) is 17.2. The van der Waals surface area contributed by atoms with Gasteiger partial charge < -0.3 is 10.1 Å². The molecule has 3 aromatic rings. The second-order valence-corrected chi connectivity index (χ2v) is 7.57. The third kappa shape index (κ3) is 3.83. The van der Waals surface area contributed by atoms with E-state index in [1.807, 2.05) is 29.6 Å². The Morgan fingerprint density at radius 1 is 1.40 bits per heavy atom. The molecule has 1 aliphatic heterocycles. The molecule has 0 spiro atoms. The minimum atomic E-state index is -0.0355. The van der Waals surface area contributed by atoms with Gasteiger partial charge in [0.1, 0.15) is 5.69 Å². The Morgan fingerprint density at radius 3 is 3.16 bits per heavy atom. The fourth-order valence-electron chi connectivity index (χ4n) is 2.63. The maximum absolute atomic E-state index is 12.0. The molecule has 1 fully saturated rings. The lowest BCUT2D eigenvalue weighted by Gasteiger charge is -2.10. The van der Waals surface area contributed by atoms with Crippen LogP contribution in [0.3, 0.4) is 0 Å². The summed E-state index contributed by atoms with van der Waals surface area (Å²) in [6.07, 6.45) is 2.23. The van der Waals surface area contributed by atoms with Crippen LogP contribution in [0.15, 0.2) is 34.8 Å². The molecule has 130 valence electrons. The van der Waals surface area contributed by atoms with Crippen molar-refractivity contribution in [1.82, 2.24) is 25.1 Å². The molecule has 0 aliphatic carbocycles. The number of fused-ring (bicyclic) bond motifs is 1. The molecule has 25 heavy (non-hydrogen) atoms. The molecule has 1 amide bonds. The molecule has 0 radical (unpaired) electrons. The first-order valence-corrected chi connectivity index (χ1v) is 9.93. The number of hydrogen-bond donors (Lipinski definition) is 1. The predicted octanol–water partition coefficient (Wildman–Crippen LogP) is 2.24. The first kappa shape index (κ1) is 16.5. The van der Waals surface area contributed by atoms with E-state index in [-0.39, 0.29) is 17.8 Å². The number of hydrogen-bond acceptors (Lipinski definition) is 7. The number of carbonyl (C=O) groups excluding carboxylic acids is 1. The third-order valence-electron chi connectivity index (χ3n) is 3.89. The van der Waals surface area contributed by atoms with Crippen LogP contribution in [0.4, 0.5) is 0 Å². The van der Waals surface area contributed by atoms with E-state index in [1.165, 1.54) is 11.8 Å². The first-order valence-electron chi connectivity index (χ1n) is 8.07. The van der Waals surface area contributed by atoms with E-state index in [0.717, 1.165) is 30.0 Å². The summed E-state index contributed by atoms with van der Waals surface area (Å²) >= 11 is 2.96.